The van der Waals surface area contributed by atoms with Crippen molar-refractivity contribution in [3.05, 3.63) is 39.5 Å². The van der Waals surface area contributed by atoms with Crippen LogP contribution in [0, 0.1) is 0 Å². The van der Waals surface area contributed by atoms with Gasteiger partial charge in [-0.05, 0) is 34.1 Å². The van der Waals surface area contributed by atoms with E-state index in [9.17, 15) is 9.90 Å². The minimum absolute atomic E-state index is 0.0284. The highest BCUT2D eigenvalue weighted by molar-refractivity contribution is 9.10. The zero-order valence-electron chi connectivity index (χ0n) is 10.2. The maximum Gasteiger partial charge on any atom is 0.339 e. The van der Waals surface area contributed by atoms with Crippen LogP contribution >= 0.6 is 39.3 Å². The van der Waals surface area contributed by atoms with Crippen LogP contribution in [0.1, 0.15) is 10.4 Å². The molecule has 6 nitrogen and oxygen atoms in total. The molecule has 0 saturated heterocycles. The molecule has 0 aliphatic heterocycles. The van der Waals surface area contributed by atoms with Gasteiger partial charge in [0.2, 0.25) is 0 Å². The van der Waals surface area contributed by atoms with Crippen molar-refractivity contribution in [3.8, 4) is 0 Å². The van der Waals surface area contributed by atoms with Crippen LogP contribution in [-0.2, 0) is 0 Å². The highest BCUT2D eigenvalue weighted by Crippen LogP contribution is 2.33. The van der Waals surface area contributed by atoms with E-state index in [0.717, 1.165) is 11.7 Å². The van der Waals surface area contributed by atoms with Gasteiger partial charge in [0.25, 0.3) is 0 Å². The molecular formula is C12H6BrClN4O2S. The number of aromatic carboxylic acids is 1. The number of pyridine rings is 1. The summed E-state index contributed by atoms with van der Waals surface area (Å²) in [6.45, 7) is 0. The fraction of sp³-hybridized carbons (Fsp3) is 0. The fourth-order valence-corrected chi connectivity index (χ4v) is 2.84. The predicted molar refractivity (Wildman–Crippen MR) is 84.6 cm³/mol. The second-order valence-corrected chi connectivity index (χ2v) is 5.89. The largest absolute Gasteiger partial charge is 0.478 e. The van der Waals surface area contributed by atoms with Gasteiger partial charge in [0.15, 0.2) is 0 Å². The van der Waals surface area contributed by atoms with Crippen LogP contribution < -0.4 is 5.32 Å². The van der Waals surface area contributed by atoms with Crippen LogP contribution in [0.3, 0.4) is 0 Å². The molecule has 2 heterocycles. The molecule has 1 aromatic carbocycles. The molecule has 0 aliphatic carbocycles. The standard InChI is InChI=1S/C12H6BrClN4O2S/c13-5-3-6(12(19)20)11(15-4-5)16-9-7(14)1-2-8-10(9)18-21-17-8/h1-4H,(H,15,16)(H,19,20). The van der Waals surface area contributed by atoms with Gasteiger partial charge in [0.05, 0.1) is 22.4 Å². The summed E-state index contributed by atoms with van der Waals surface area (Å²) in [5, 5.41) is 12.6. The van der Waals surface area contributed by atoms with E-state index in [1.807, 2.05) is 0 Å². The Bertz CT molecular complexity index is 854. The van der Waals surface area contributed by atoms with E-state index in [2.05, 4.69) is 35.0 Å². The number of carbonyl (C=O) groups is 1. The van der Waals surface area contributed by atoms with Crippen LogP contribution in [0.4, 0.5) is 11.5 Å². The van der Waals surface area contributed by atoms with Crippen molar-refractivity contribution in [3.63, 3.8) is 0 Å². The van der Waals surface area contributed by atoms with Crippen LogP contribution in [0.25, 0.3) is 11.0 Å². The Balaban J connectivity index is 2.13. The van der Waals surface area contributed by atoms with E-state index < -0.39 is 5.97 Å². The Labute approximate surface area is 136 Å². The number of hydrogen-bond acceptors (Lipinski definition) is 6. The first-order valence-electron chi connectivity index (χ1n) is 5.63. The minimum Gasteiger partial charge on any atom is -0.478 e. The molecule has 0 atom stereocenters. The van der Waals surface area contributed by atoms with E-state index >= 15 is 0 Å². The predicted octanol–water partition coefficient (Wildman–Crippen LogP) is 3.94. The van der Waals surface area contributed by atoms with E-state index in [4.69, 9.17) is 11.6 Å². The molecular weight excluding hydrogens is 380 g/mol. The summed E-state index contributed by atoms with van der Waals surface area (Å²) >= 11 is 10.4. The molecule has 3 rings (SSSR count). The quantitative estimate of drug-likeness (QED) is 0.710. The molecule has 0 amide bonds. The van der Waals surface area contributed by atoms with E-state index in [0.29, 0.717) is 26.2 Å². The molecule has 0 spiro atoms. The number of fused-ring (bicyclic) bond motifs is 1. The summed E-state index contributed by atoms with van der Waals surface area (Å²) in [5.74, 6) is -0.904. The number of nitrogens with zero attached hydrogens (tertiary/aromatic N) is 3. The van der Waals surface area contributed by atoms with Gasteiger partial charge >= 0.3 is 5.97 Å². The summed E-state index contributed by atoms with van der Waals surface area (Å²) in [6.07, 6.45) is 1.50. The van der Waals surface area contributed by atoms with Gasteiger partial charge in [-0.15, -0.1) is 0 Å². The van der Waals surface area contributed by atoms with E-state index in [-0.39, 0.29) is 11.4 Å². The minimum atomic E-state index is -1.09. The van der Waals surface area contributed by atoms with Crippen LogP contribution in [0.15, 0.2) is 28.9 Å². The lowest BCUT2D eigenvalue weighted by Crippen LogP contribution is -2.05. The summed E-state index contributed by atoms with van der Waals surface area (Å²) in [5.41, 5.74) is 1.77. The van der Waals surface area contributed by atoms with Gasteiger partial charge in [-0.3, -0.25) is 0 Å². The normalized spacial score (nSPS) is 10.8. The SMILES string of the molecule is O=C(O)c1cc(Br)cnc1Nc1c(Cl)ccc2nsnc12. The molecule has 3 aromatic rings. The summed E-state index contributed by atoms with van der Waals surface area (Å²) in [6, 6.07) is 4.89. The third-order valence-electron chi connectivity index (χ3n) is 2.71. The van der Waals surface area contributed by atoms with Crippen LogP contribution in [-0.4, -0.2) is 24.8 Å². The van der Waals surface area contributed by atoms with E-state index in [1.54, 1.807) is 12.1 Å². The smallest absolute Gasteiger partial charge is 0.339 e. The third kappa shape index (κ3) is 2.69. The van der Waals surface area contributed by atoms with Crippen molar-refractivity contribution in [1.82, 2.24) is 13.7 Å². The second kappa shape index (κ2) is 5.55. The Morgan fingerprint density at radius 3 is 2.95 bits per heavy atom. The Morgan fingerprint density at radius 1 is 1.38 bits per heavy atom. The number of hydrogen-bond donors (Lipinski definition) is 2. The molecule has 0 unspecified atom stereocenters. The lowest BCUT2D eigenvalue weighted by atomic mass is 10.2. The number of carboxylic acid groups (broad SMARTS) is 1. The van der Waals surface area contributed by atoms with Crippen LogP contribution in [0.2, 0.25) is 5.02 Å². The van der Waals surface area contributed by atoms with Crippen molar-refractivity contribution >= 4 is 67.8 Å². The first-order valence-corrected chi connectivity index (χ1v) is 7.53. The van der Waals surface area contributed by atoms with Crippen molar-refractivity contribution in [1.29, 1.82) is 0 Å². The molecule has 0 bridgehead atoms. The molecule has 106 valence electrons. The van der Waals surface area contributed by atoms with Gasteiger partial charge < -0.3 is 10.4 Å². The summed E-state index contributed by atoms with van der Waals surface area (Å²) < 4.78 is 8.86. The van der Waals surface area contributed by atoms with Crippen molar-refractivity contribution in [2.75, 3.05) is 5.32 Å². The molecule has 2 aromatic heterocycles. The Hall–Kier alpha value is -1.77. The highest BCUT2D eigenvalue weighted by Gasteiger charge is 2.16. The van der Waals surface area contributed by atoms with Crippen molar-refractivity contribution in [2.24, 2.45) is 0 Å². The average molecular weight is 386 g/mol. The lowest BCUT2D eigenvalue weighted by Gasteiger charge is -2.10. The van der Waals surface area contributed by atoms with Gasteiger partial charge in [-0.1, -0.05) is 11.6 Å². The first kappa shape index (κ1) is 14.2. The first-order chi connectivity index (χ1) is 10.1. The Morgan fingerprint density at radius 2 is 2.19 bits per heavy atom. The van der Waals surface area contributed by atoms with Gasteiger partial charge in [-0.25, -0.2) is 9.78 Å². The number of anilines is 2. The fourth-order valence-electron chi connectivity index (χ4n) is 1.77. The summed E-state index contributed by atoms with van der Waals surface area (Å²) in [4.78, 5) is 15.4. The molecule has 0 radical (unpaired) electrons. The second-order valence-electron chi connectivity index (χ2n) is 4.03. The van der Waals surface area contributed by atoms with Gasteiger partial charge in [0.1, 0.15) is 22.4 Å². The van der Waals surface area contributed by atoms with Gasteiger partial charge in [0, 0.05) is 10.7 Å². The highest BCUT2D eigenvalue weighted by atomic mass is 79.9. The molecule has 0 aliphatic rings. The molecule has 0 fully saturated rings. The number of halogens is 2. The number of carboxylic acids is 1. The number of benzene rings is 1. The lowest BCUT2D eigenvalue weighted by molar-refractivity contribution is 0.0697. The number of aromatic nitrogens is 3. The maximum absolute atomic E-state index is 11.3. The zero-order valence-corrected chi connectivity index (χ0v) is 13.3. The maximum atomic E-state index is 11.3. The van der Waals surface area contributed by atoms with Crippen molar-refractivity contribution in [2.45, 2.75) is 0 Å². The molecule has 2 N–H and O–H groups in total. The number of rotatable bonds is 3. The number of nitrogens with one attached hydrogen (secondary N) is 1. The van der Waals surface area contributed by atoms with E-state index in [1.165, 1.54) is 12.3 Å². The average Bonchev–Trinajstić information content (AvgIpc) is 2.92. The van der Waals surface area contributed by atoms with Gasteiger partial charge in [-0.2, -0.15) is 8.75 Å². The zero-order chi connectivity index (χ0) is 15.0. The molecule has 21 heavy (non-hydrogen) atoms. The van der Waals surface area contributed by atoms with Crippen molar-refractivity contribution < 1.29 is 9.90 Å². The molecule has 9 heteroatoms. The Kier molecular flexibility index (Phi) is 3.75. The third-order valence-corrected chi connectivity index (χ3v) is 4.00. The molecule has 0 saturated carbocycles. The monoisotopic (exact) mass is 384 g/mol. The van der Waals surface area contributed by atoms with Crippen LogP contribution in [0.5, 0.6) is 0 Å². The topological polar surface area (TPSA) is 88.0 Å². The summed E-state index contributed by atoms with van der Waals surface area (Å²) in [7, 11) is 0.